The molecule has 1 heterocycles. The fourth-order valence-electron chi connectivity index (χ4n) is 1.77. The third kappa shape index (κ3) is 2.00. The molecular formula is C8H11F3N2O. The highest BCUT2D eigenvalue weighted by atomic mass is 19.4. The Kier molecular flexibility index (Phi) is 2.17. The summed E-state index contributed by atoms with van der Waals surface area (Å²) >= 11 is 0. The summed E-state index contributed by atoms with van der Waals surface area (Å²) in [6.07, 6.45) is -2.85. The van der Waals surface area contributed by atoms with Gasteiger partial charge < -0.3 is 4.90 Å². The van der Waals surface area contributed by atoms with E-state index < -0.39 is 18.6 Å². The third-order valence-electron chi connectivity index (χ3n) is 2.54. The summed E-state index contributed by atoms with van der Waals surface area (Å²) in [6, 6.07) is 0. The quantitative estimate of drug-likeness (QED) is 0.725. The Bertz CT molecular complexity index is 249. The second kappa shape index (κ2) is 3.12. The first-order valence-corrected chi connectivity index (χ1v) is 4.57. The van der Waals surface area contributed by atoms with Crippen LogP contribution in [0, 0.1) is 5.92 Å². The van der Waals surface area contributed by atoms with Crippen molar-refractivity contribution in [3.63, 3.8) is 0 Å². The highest BCUT2D eigenvalue weighted by molar-refractivity contribution is 5.80. The van der Waals surface area contributed by atoms with Crippen LogP contribution >= 0.6 is 0 Å². The van der Waals surface area contributed by atoms with E-state index in [4.69, 9.17) is 0 Å². The predicted octanol–water partition coefficient (Wildman–Crippen LogP) is 0.717. The maximum Gasteiger partial charge on any atom is 0.406 e. The maximum absolute atomic E-state index is 12.1. The van der Waals surface area contributed by atoms with Gasteiger partial charge in [-0.25, -0.2) is 0 Å². The lowest BCUT2D eigenvalue weighted by atomic mass is 10.3. The summed E-state index contributed by atoms with van der Waals surface area (Å²) in [7, 11) is 0. The fourth-order valence-corrected chi connectivity index (χ4v) is 1.77. The van der Waals surface area contributed by atoms with Crippen LogP contribution in [0.25, 0.3) is 0 Å². The normalized spacial score (nSPS) is 28.6. The van der Waals surface area contributed by atoms with Gasteiger partial charge in [0, 0.05) is 0 Å². The minimum atomic E-state index is -4.30. The topological polar surface area (TPSA) is 32.3 Å². The van der Waals surface area contributed by atoms with Crippen LogP contribution in [0.4, 0.5) is 13.2 Å². The van der Waals surface area contributed by atoms with Gasteiger partial charge in [0.15, 0.2) is 0 Å². The van der Waals surface area contributed by atoms with Crippen molar-refractivity contribution in [3.05, 3.63) is 0 Å². The first-order valence-electron chi connectivity index (χ1n) is 4.57. The molecule has 1 amide bonds. The summed E-state index contributed by atoms with van der Waals surface area (Å²) in [5.41, 5.74) is 0. The van der Waals surface area contributed by atoms with Crippen molar-refractivity contribution in [1.82, 2.24) is 10.2 Å². The zero-order chi connectivity index (χ0) is 10.3. The zero-order valence-electron chi connectivity index (χ0n) is 7.47. The van der Waals surface area contributed by atoms with Gasteiger partial charge in [-0.2, -0.15) is 13.2 Å². The van der Waals surface area contributed by atoms with E-state index in [1.54, 1.807) is 0 Å². The van der Waals surface area contributed by atoms with Crippen molar-refractivity contribution in [2.45, 2.75) is 25.2 Å². The molecule has 2 rings (SSSR count). The Morgan fingerprint density at radius 1 is 1.43 bits per heavy atom. The Labute approximate surface area is 79.3 Å². The molecule has 1 aliphatic carbocycles. The summed E-state index contributed by atoms with van der Waals surface area (Å²) in [5.74, 6) is -0.219. The number of carbonyl (C=O) groups is 1. The lowest BCUT2D eigenvalue weighted by Gasteiger charge is -2.25. The Balaban J connectivity index is 2.01. The van der Waals surface area contributed by atoms with Gasteiger partial charge in [-0.05, 0) is 18.8 Å². The van der Waals surface area contributed by atoms with E-state index in [1.165, 1.54) is 0 Å². The minimum Gasteiger partial charge on any atom is -0.317 e. The van der Waals surface area contributed by atoms with Gasteiger partial charge in [0.2, 0.25) is 5.91 Å². The van der Waals surface area contributed by atoms with E-state index in [1.807, 2.05) is 0 Å². The van der Waals surface area contributed by atoms with Gasteiger partial charge in [-0.1, -0.05) is 0 Å². The van der Waals surface area contributed by atoms with Crippen LogP contribution in [0.5, 0.6) is 0 Å². The average molecular weight is 208 g/mol. The fraction of sp³-hybridized carbons (Fsp3) is 0.875. The third-order valence-corrected chi connectivity index (χ3v) is 2.54. The van der Waals surface area contributed by atoms with Crippen molar-refractivity contribution < 1.29 is 18.0 Å². The Morgan fingerprint density at radius 3 is 2.57 bits per heavy atom. The van der Waals surface area contributed by atoms with E-state index in [0.29, 0.717) is 0 Å². The van der Waals surface area contributed by atoms with Crippen LogP contribution in [0.15, 0.2) is 0 Å². The number of halogens is 3. The lowest BCUT2D eigenvalue weighted by molar-refractivity contribution is -0.161. The number of alkyl halides is 3. The molecule has 1 aliphatic heterocycles. The number of carbonyl (C=O) groups excluding carboxylic acids is 1. The van der Waals surface area contributed by atoms with Gasteiger partial charge in [0.1, 0.15) is 6.54 Å². The van der Waals surface area contributed by atoms with Gasteiger partial charge in [-0.15, -0.1) is 0 Å². The SMILES string of the molecule is O=C1CNC(C2CC2)N1CC(F)(F)F. The minimum absolute atomic E-state index is 0.0389. The highest BCUT2D eigenvalue weighted by Gasteiger charge is 2.45. The average Bonchev–Trinajstić information content (AvgIpc) is 2.80. The van der Waals surface area contributed by atoms with Crippen LogP contribution in [-0.4, -0.2) is 36.2 Å². The van der Waals surface area contributed by atoms with Gasteiger partial charge in [0.25, 0.3) is 0 Å². The smallest absolute Gasteiger partial charge is 0.317 e. The second-order valence-electron chi connectivity index (χ2n) is 3.80. The molecule has 0 spiro atoms. The van der Waals surface area contributed by atoms with Crippen LogP contribution in [0.2, 0.25) is 0 Å². The van der Waals surface area contributed by atoms with Crippen molar-refractivity contribution in [3.8, 4) is 0 Å². The van der Waals surface area contributed by atoms with E-state index in [0.717, 1.165) is 17.7 Å². The molecule has 80 valence electrons. The molecule has 3 nitrogen and oxygen atoms in total. The summed E-state index contributed by atoms with van der Waals surface area (Å²) in [5, 5.41) is 2.82. The molecule has 0 bridgehead atoms. The molecule has 2 aliphatic rings. The molecular weight excluding hydrogens is 197 g/mol. The number of rotatable bonds is 2. The van der Waals surface area contributed by atoms with Gasteiger partial charge in [-0.3, -0.25) is 10.1 Å². The molecule has 2 fully saturated rings. The summed E-state index contributed by atoms with van der Waals surface area (Å²) in [4.78, 5) is 12.1. The number of amides is 1. The second-order valence-corrected chi connectivity index (χ2v) is 3.80. The van der Waals surface area contributed by atoms with Gasteiger partial charge in [0.05, 0.1) is 12.7 Å². The number of hydrogen-bond donors (Lipinski definition) is 1. The first kappa shape index (κ1) is 9.76. The molecule has 0 radical (unpaired) electrons. The monoisotopic (exact) mass is 208 g/mol. The maximum atomic E-state index is 12.1. The van der Waals surface area contributed by atoms with Crippen molar-refractivity contribution in [1.29, 1.82) is 0 Å². The standard InChI is InChI=1S/C8H11F3N2O/c9-8(10,11)4-13-6(14)3-12-7(13)5-1-2-5/h5,7,12H,1-4H2. The molecule has 6 heteroatoms. The molecule has 1 saturated heterocycles. The predicted molar refractivity (Wildman–Crippen MR) is 42.3 cm³/mol. The van der Waals surface area contributed by atoms with Crippen molar-refractivity contribution in [2.75, 3.05) is 13.1 Å². The Hall–Kier alpha value is -0.780. The highest BCUT2D eigenvalue weighted by Crippen LogP contribution is 2.36. The Morgan fingerprint density at radius 2 is 2.07 bits per heavy atom. The zero-order valence-corrected chi connectivity index (χ0v) is 7.47. The number of hydrogen-bond acceptors (Lipinski definition) is 2. The largest absolute Gasteiger partial charge is 0.406 e. The van der Waals surface area contributed by atoms with Crippen molar-refractivity contribution >= 4 is 5.91 Å². The molecule has 0 aromatic carbocycles. The van der Waals surface area contributed by atoms with E-state index in [2.05, 4.69) is 5.32 Å². The van der Waals surface area contributed by atoms with Crippen LogP contribution in [0.1, 0.15) is 12.8 Å². The molecule has 14 heavy (non-hydrogen) atoms. The summed E-state index contributed by atoms with van der Waals surface area (Å²) in [6.45, 7) is -1.09. The van der Waals surface area contributed by atoms with E-state index in [9.17, 15) is 18.0 Å². The van der Waals surface area contributed by atoms with E-state index >= 15 is 0 Å². The molecule has 1 unspecified atom stereocenters. The van der Waals surface area contributed by atoms with Crippen LogP contribution in [0.3, 0.4) is 0 Å². The molecule has 0 aromatic heterocycles. The molecule has 0 aromatic rings. The van der Waals surface area contributed by atoms with Gasteiger partial charge >= 0.3 is 6.18 Å². The van der Waals surface area contributed by atoms with Crippen LogP contribution < -0.4 is 5.32 Å². The van der Waals surface area contributed by atoms with E-state index in [-0.39, 0.29) is 18.6 Å². The van der Waals surface area contributed by atoms with Crippen LogP contribution in [-0.2, 0) is 4.79 Å². The van der Waals surface area contributed by atoms with Crippen molar-refractivity contribution in [2.24, 2.45) is 5.92 Å². The summed E-state index contributed by atoms with van der Waals surface area (Å²) < 4.78 is 36.3. The lowest BCUT2D eigenvalue weighted by Crippen LogP contribution is -2.44. The first-order chi connectivity index (χ1) is 6.47. The number of nitrogens with one attached hydrogen (secondary N) is 1. The molecule has 1 N–H and O–H groups in total. The number of nitrogens with zero attached hydrogens (tertiary/aromatic N) is 1. The molecule has 1 atom stereocenters. The molecule has 1 saturated carbocycles.